The Kier molecular flexibility index (Phi) is 5.21. The van der Waals surface area contributed by atoms with E-state index in [2.05, 4.69) is 4.90 Å². The zero-order valence-corrected chi connectivity index (χ0v) is 15.3. The zero-order valence-electron chi connectivity index (χ0n) is 15.3. The van der Waals surface area contributed by atoms with E-state index in [0.29, 0.717) is 43.0 Å². The highest BCUT2D eigenvalue weighted by Crippen LogP contribution is 2.31. The normalized spacial score (nSPS) is 14.1. The summed E-state index contributed by atoms with van der Waals surface area (Å²) in [7, 11) is 0. The number of benzene rings is 2. The van der Waals surface area contributed by atoms with Crippen molar-refractivity contribution in [1.29, 1.82) is 0 Å². The summed E-state index contributed by atoms with van der Waals surface area (Å²) in [6, 6.07) is 12.1. The van der Waals surface area contributed by atoms with Gasteiger partial charge in [0, 0.05) is 49.1 Å². The molecule has 7 heteroatoms. The third-order valence-electron chi connectivity index (χ3n) is 4.84. The van der Waals surface area contributed by atoms with Gasteiger partial charge in [-0.15, -0.1) is 0 Å². The molecule has 0 saturated carbocycles. The third-order valence-corrected chi connectivity index (χ3v) is 4.84. The van der Waals surface area contributed by atoms with Crippen molar-refractivity contribution in [1.82, 2.24) is 0 Å². The van der Waals surface area contributed by atoms with Crippen LogP contribution in [-0.2, 0) is 0 Å². The Morgan fingerprint density at radius 2 is 1.37 bits per heavy atom. The fourth-order valence-corrected chi connectivity index (χ4v) is 3.27. The molecular weight excluding hydrogens is 346 g/mol. The molecule has 1 heterocycles. The summed E-state index contributed by atoms with van der Waals surface area (Å²) in [6.07, 6.45) is 0. The molecule has 0 aromatic heterocycles. The van der Waals surface area contributed by atoms with Crippen molar-refractivity contribution in [3.8, 4) is 0 Å². The molecular formula is C20H21N3O4. The molecule has 0 bridgehead atoms. The van der Waals surface area contributed by atoms with Gasteiger partial charge < -0.3 is 9.80 Å². The van der Waals surface area contributed by atoms with E-state index in [-0.39, 0.29) is 17.3 Å². The number of hydrogen-bond acceptors (Lipinski definition) is 6. The van der Waals surface area contributed by atoms with Gasteiger partial charge in [-0.25, -0.2) is 0 Å². The first-order valence-electron chi connectivity index (χ1n) is 8.77. The molecule has 1 saturated heterocycles. The highest BCUT2D eigenvalue weighted by molar-refractivity contribution is 5.95. The maximum absolute atomic E-state index is 11.5. The van der Waals surface area contributed by atoms with Crippen molar-refractivity contribution < 1.29 is 14.5 Å². The van der Waals surface area contributed by atoms with Crippen LogP contribution in [0.15, 0.2) is 42.5 Å². The number of ketones is 2. The monoisotopic (exact) mass is 367 g/mol. The fourth-order valence-electron chi connectivity index (χ4n) is 3.27. The number of nitrogens with zero attached hydrogens (tertiary/aromatic N) is 3. The lowest BCUT2D eigenvalue weighted by molar-refractivity contribution is -0.384. The van der Waals surface area contributed by atoms with Crippen molar-refractivity contribution in [3.05, 3.63) is 63.7 Å². The van der Waals surface area contributed by atoms with E-state index in [0.717, 1.165) is 5.69 Å². The molecule has 0 aliphatic carbocycles. The lowest BCUT2D eigenvalue weighted by atomic mass is 10.1. The van der Waals surface area contributed by atoms with Gasteiger partial charge in [-0.3, -0.25) is 19.7 Å². The number of Topliss-reactive ketones (excluding diaryl/α,β-unsaturated/α-hetero) is 2. The molecule has 0 amide bonds. The van der Waals surface area contributed by atoms with E-state index in [9.17, 15) is 19.7 Å². The number of carbonyl (C=O) groups excluding carboxylic acids is 2. The first-order chi connectivity index (χ1) is 12.9. The molecule has 140 valence electrons. The lowest BCUT2D eigenvalue weighted by Crippen LogP contribution is -2.46. The molecule has 0 unspecified atom stereocenters. The van der Waals surface area contributed by atoms with Crippen molar-refractivity contribution in [2.45, 2.75) is 13.8 Å². The molecule has 0 atom stereocenters. The topological polar surface area (TPSA) is 83.8 Å². The summed E-state index contributed by atoms with van der Waals surface area (Å²) in [5.41, 5.74) is 2.55. The first-order valence-corrected chi connectivity index (χ1v) is 8.77. The average molecular weight is 367 g/mol. The van der Waals surface area contributed by atoms with E-state index < -0.39 is 4.92 Å². The van der Waals surface area contributed by atoms with E-state index in [1.54, 1.807) is 12.1 Å². The van der Waals surface area contributed by atoms with Crippen LogP contribution in [0.1, 0.15) is 34.6 Å². The molecule has 0 spiro atoms. The van der Waals surface area contributed by atoms with E-state index >= 15 is 0 Å². The Morgan fingerprint density at radius 1 is 0.852 bits per heavy atom. The van der Waals surface area contributed by atoms with Crippen LogP contribution in [0, 0.1) is 10.1 Å². The summed E-state index contributed by atoms with van der Waals surface area (Å²) in [6.45, 7) is 5.63. The number of rotatable bonds is 5. The van der Waals surface area contributed by atoms with Crippen LogP contribution in [0.2, 0.25) is 0 Å². The smallest absolute Gasteiger partial charge is 0.293 e. The number of carbonyl (C=O) groups is 2. The van der Waals surface area contributed by atoms with E-state index in [1.807, 2.05) is 29.2 Å². The number of nitro benzene ring substituents is 1. The fraction of sp³-hybridized carbons (Fsp3) is 0.300. The largest absolute Gasteiger partial charge is 0.368 e. The molecule has 2 aromatic carbocycles. The minimum Gasteiger partial charge on any atom is -0.368 e. The van der Waals surface area contributed by atoms with Crippen LogP contribution >= 0.6 is 0 Å². The summed E-state index contributed by atoms with van der Waals surface area (Å²) in [4.78, 5) is 38.1. The highest BCUT2D eigenvalue weighted by Gasteiger charge is 2.24. The maximum atomic E-state index is 11.5. The Bertz CT molecular complexity index is 885. The molecule has 27 heavy (non-hydrogen) atoms. The summed E-state index contributed by atoms with van der Waals surface area (Å²) < 4.78 is 0. The molecule has 1 aliphatic heterocycles. The number of piperazine rings is 1. The standard InChI is InChI=1S/C20H21N3O4/c1-14(24)16-3-6-18(7-4-16)21-9-11-22(12-10-21)19-8-5-17(15(2)25)13-20(19)23(26)27/h3-8,13H,9-12H2,1-2H3. The van der Waals surface area contributed by atoms with Crippen LogP contribution in [0.3, 0.4) is 0 Å². The van der Waals surface area contributed by atoms with Gasteiger partial charge in [-0.1, -0.05) is 0 Å². The van der Waals surface area contributed by atoms with Crippen molar-refractivity contribution in [2.24, 2.45) is 0 Å². The van der Waals surface area contributed by atoms with Gasteiger partial charge in [-0.05, 0) is 50.2 Å². The molecule has 2 aromatic rings. The molecule has 7 nitrogen and oxygen atoms in total. The van der Waals surface area contributed by atoms with Crippen molar-refractivity contribution in [2.75, 3.05) is 36.0 Å². The van der Waals surface area contributed by atoms with Crippen LogP contribution in [0.25, 0.3) is 0 Å². The van der Waals surface area contributed by atoms with E-state index in [1.165, 1.54) is 19.9 Å². The minimum atomic E-state index is -0.436. The van der Waals surface area contributed by atoms with Gasteiger partial charge in [0.15, 0.2) is 11.6 Å². The van der Waals surface area contributed by atoms with Gasteiger partial charge in [0.25, 0.3) is 5.69 Å². The quantitative estimate of drug-likeness (QED) is 0.458. The summed E-state index contributed by atoms with van der Waals surface area (Å²) in [5, 5.41) is 11.4. The second kappa shape index (κ2) is 7.57. The Morgan fingerprint density at radius 3 is 1.89 bits per heavy atom. The predicted octanol–water partition coefficient (Wildman–Crippen LogP) is 3.33. The first kappa shape index (κ1) is 18.6. The lowest BCUT2D eigenvalue weighted by Gasteiger charge is -2.37. The SMILES string of the molecule is CC(=O)c1ccc(N2CCN(c3ccc(C(C)=O)cc3[N+](=O)[O-])CC2)cc1. The Balaban J connectivity index is 1.74. The van der Waals surface area contributed by atoms with Gasteiger partial charge in [0.2, 0.25) is 0 Å². The molecule has 0 N–H and O–H groups in total. The minimum absolute atomic E-state index is 0.0349. The second-order valence-electron chi connectivity index (χ2n) is 6.59. The van der Waals surface area contributed by atoms with Gasteiger partial charge >= 0.3 is 0 Å². The summed E-state index contributed by atoms with van der Waals surface area (Å²) in [5.74, 6) is -0.156. The number of nitro groups is 1. The number of hydrogen-bond donors (Lipinski definition) is 0. The van der Waals surface area contributed by atoms with Gasteiger partial charge in [0.1, 0.15) is 5.69 Å². The van der Waals surface area contributed by atoms with Crippen molar-refractivity contribution >= 4 is 28.6 Å². The third kappa shape index (κ3) is 3.97. The number of anilines is 2. The van der Waals surface area contributed by atoms with Crippen LogP contribution < -0.4 is 9.80 Å². The summed E-state index contributed by atoms with van der Waals surface area (Å²) >= 11 is 0. The van der Waals surface area contributed by atoms with Gasteiger partial charge in [-0.2, -0.15) is 0 Å². The maximum Gasteiger partial charge on any atom is 0.293 e. The van der Waals surface area contributed by atoms with Crippen molar-refractivity contribution in [3.63, 3.8) is 0 Å². The van der Waals surface area contributed by atoms with Crippen LogP contribution in [0.4, 0.5) is 17.1 Å². The molecule has 1 fully saturated rings. The van der Waals surface area contributed by atoms with Gasteiger partial charge in [0.05, 0.1) is 4.92 Å². The Hall–Kier alpha value is -3.22. The predicted molar refractivity (Wildman–Crippen MR) is 104 cm³/mol. The van der Waals surface area contributed by atoms with E-state index in [4.69, 9.17) is 0 Å². The molecule has 3 rings (SSSR count). The Labute approximate surface area is 157 Å². The molecule has 0 radical (unpaired) electrons. The van der Waals surface area contributed by atoms with Crippen LogP contribution in [0.5, 0.6) is 0 Å². The highest BCUT2D eigenvalue weighted by atomic mass is 16.6. The molecule has 1 aliphatic rings. The zero-order chi connectivity index (χ0) is 19.6. The second-order valence-corrected chi connectivity index (χ2v) is 6.59. The average Bonchev–Trinajstić information content (AvgIpc) is 2.67. The van der Waals surface area contributed by atoms with Crippen LogP contribution in [-0.4, -0.2) is 42.7 Å².